The molecular weight excluding hydrogens is 332 g/mol. The average molecular weight is 352 g/mol. The number of nitrogens with zero attached hydrogens (tertiary/aromatic N) is 1. The van der Waals surface area contributed by atoms with Crippen LogP contribution < -0.4 is 14.8 Å². The van der Waals surface area contributed by atoms with Gasteiger partial charge in [-0.1, -0.05) is 32.0 Å². The van der Waals surface area contributed by atoms with Crippen molar-refractivity contribution in [3.8, 4) is 11.5 Å². The van der Waals surface area contributed by atoms with E-state index in [4.69, 9.17) is 9.47 Å². The Morgan fingerprint density at radius 3 is 2.65 bits per heavy atom. The first-order valence-electron chi connectivity index (χ1n) is 8.64. The molecular formula is C20H20N2O4. The number of hydrogen-bond donors (Lipinski definition) is 1. The third kappa shape index (κ3) is 2.77. The van der Waals surface area contributed by atoms with E-state index in [9.17, 15) is 9.59 Å². The van der Waals surface area contributed by atoms with E-state index < -0.39 is 6.04 Å². The molecule has 0 bridgehead atoms. The number of benzene rings is 2. The summed E-state index contributed by atoms with van der Waals surface area (Å²) in [7, 11) is 0. The fourth-order valence-corrected chi connectivity index (χ4v) is 3.50. The maximum atomic E-state index is 13.0. The van der Waals surface area contributed by atoms with Gasteiger partial charge in [0.15, 0.2) is 11.5 Å². The van der Waals surface area contributed by atoms with Crippen molar-refractivity contribution < 1.29 is 19.1 Å². The zero-order valence-electron chi connectivity index (χ0n) is 14.7. The van der Waals surface area contributed by atoms with Crippen molar-refractivity contribution in [2.45, 2.75) is 26.4 Å². The molecule has 0 unspecified atom stereocenters. The lowest BCUT2D eigenvalue weighted by atomic mass is 10.0. The second-order valence-corrected chi connectivity index (χ2v) is 6.84. The van der Waals surface area contributed by atoms with Crippen LogP contribution in [0.2, 0.25) is 0 Å². The van der Waals surface area contributed by atoms with Crippen LogP contribution in [0.1, 0.15) is 29.8 Å². The first kappa shape index (κ1) is 16.4. The second kappa shape index (κ2) is 6.37. The van der Waals surface area contributed by atoms with Crippen LogP contribution in [0.5, 0.6) is 11.5 Å². The first-order valence-corrected chi connectivity index (χ1v) is 8.64. The molecule has 4 rings (SSSR count). The number of nitrogens with one attached hydrogen (secondary N) is 1. The highest BCUT2D eigenvalue weighted by Gasteiger charge is 2.38. The van der Waals surface area contributed by atoms with E-state index in [1.165, 1.54) is 0 Å². The lowest BCUT2D eigenvalue weighted by Crippen LogP contribution is -2.47. The number of carbonyl (C=O) groups is 2. The average Bonchev–Trinajstić information content (AvgIpc) is 3.20. The minimum Gasteiger partial charge on any atom is -0.454 e. The molecule has 0 radical (unpaired) electrons. The monoisotopic (exact) mass is 352 g/mol. The molecule has 2 aromatic rings. The molecule has 1 N–H and O–H groups in total. The number of ether oxygens (including phenoxy) is 2. The number of carbonyl (C=O) groups excluding carboxylic acids is 2. The topological polar surface area (TPSA) is 67.9 Å². The van der Waals surface area contributed by atoms with E-state index in [1.807, 2.05) is 38.1 Å². The molecule has 0 spiro atoms. The van der Waals surface area contributed by atoms with Gasteiger partial charge < -0.3 is 19.7 Å². The predicted molar refractivity (Wildman–Crippen MR) is 96.1 cm³/mol. The van der Waals surface area contributed by atoms with Crippen molar-refractivity contribution in [1.29, 1.82) is 0 Å². The van der Waals surface area contributed by atoms with Crippen LogP contribution >= 0.6 is 0 Å². The molecule has 2 amide bonds. The molecule has 2 aliphatic heterocycles. The maximum Gasteiger partial charge on any atom is 0.255 e. The Labute approximate surface area is 151 Å². The lowest BCUT2D eigenvalue weighted by Gasteiger charge is -2.30. The van der Waals surface area contributed by atoms with Gasteiger partial charge in [0.05, 0.1) is 0 Å². The zero-order chi connectivity index (χ0) is 18.3. The Bertz CT molecular complexity index is 878. The molecule has 0 fully saturated rings. The van der Waals surface area contributed by atoms with Gasteiger partial charge in [-0.05, 0) is 29.7 Å². The van der Waals surface area contributed by atoms with Gasteiger partial charge in [0.1, 0.15) is 6.04 Å². The number of rotatable bonds is 4. The van der Waals surface area contributed by atoms with E-state index in [0.717, 1.165) is 5.56 Å². The molecule has 2 heterocycles. The quantitative estimate of drug-likeness (QED) is 0.918. The Morgan fingerprint density at radius 1 is 1.12 bits per heavy atom. The Balaban J connectivity index is 1.55. The first-order chi connectivity index (χ1) is 12.5. The van der Waals surface area contributed by atoms with E-state index in [2.05, 4.69) is 5.32 Å². The van der Waals surface area contributed by atoms with Gasteiger partial charge in [-0.25, -0.2) is 0 Å². The highest BCUT2D eigenvalue weighted by Crippen LogP contribution is 2.34. The minimum atomic E-state index is -0.555. The summed E-state index contributed by atoms with van der Waals surface area (Å²) in [6.45, 7) is 4.52. The number of anilines is 1. The molecule has 0 saturated heterocycles. The second-order valence-electron chi connectivity index (χ2n) is 6.84. The lowest BCUT2D eigenvalue weighted by molar-refractivity contribution is -0.122. The summed E-state index contributed by atoms with van der Waals surface area (Å²) in [6.07, 6.45) is 0. The fraction of sp³-hybridized carbons (Fsp3) is 0.300. The normalized spacial score (nSPS) is 16.0. The molecule has 6 heteroatoms. The number of fused-ring (bicyclic) bond motifs is 2. The standard InChI is InChI=1S/C20H20N2O4/c1-12(2)18(22-10-13-5-3-4-6-15(13)20(22)24)19(23)21-14-7-8-16-17(9-14)26-11-25-16/h3-9,12,18H,10-11H2,1-2H3,(H,21,23)/t18-/m0/s1. The third-order valence-electron chi connectivity index (χ3n) is 4.73. The SMILES string of the molecule is CC(C)[C@@H](C(=O)Nc1ccc2c(c1)OCO2)N1Cc2ccccc2C1=O. The van der Waals surface area contributed by atoms with Gasteiger partial charge in [0.2, 0.25) is 12.7 Å². The van der Waals surface area contributed by atoms with Crippen molar-refractivity contribution >= 4 is 17.5 Å². The van der Waals surface area contributed by atoms with Crippen molar-refractivity contribution in [2.24, 2.45) is 5.92 Å². The van der Waals surface area contributed by atoms with E-state index in [1.54, 1.807) is 23.1 Å². The van der Waals surface area contributed by atoms with E-state index in [-0.39, 0.29) is 24.5 Å². The van der Waals surface area contributed by atoms with E-state index in [0.29, 0.717) is 29.3 Å². The molecule has 1 atom stereocenters. The molecule has 0 saturated carbocycles. The van der Waals surface area contributed by atoms with Crippen LogP contribution in [-0.4, -0.2) is 29.5 Å². The highest BCUT2D eigenvalue weighted by molar-refractivity contribution is 6.03. The van der Waals surface area contributed by atoms with Crippen LogP contribution in [0, 0.1) is 5.92 Å². The molecule has 2 aliphatic rings. The van der Waals surface area contributed by atoms with Crippen LogP contribution in [0.25, 0.3) is 0 Å². The van der Waals surface area contributed by atoms with Crippen molar-refractivity contribution in [3.05, 3.63) is 53.6 Å². The smallest absolute Gasteiger partial charge is 0.255 e. The van der Waals surface area contributed by atoms with Crippen molar-refractivity contribution in [3.63, 3.8) is 0 Å². The maximum absolute atomic E-state index is 13.0. The Morgan fingerprint density at radius 2 is 1.88 bits per heavy atom. The molecule has 0 aliphatic carbocycles. The van der Waals surface area contributed by atoms with Crippen LogP contribution in [0.4, 0.5) is 5.69 Å². The Hall–Kier alpha value is -3.02. The third-order valence-corrected chi connectivity index (χ3v) is 4.73. The summed E-state index contributed by atoms with van der Waals surface area (Å²) >= 11 is 0. The number of hydrogen-bond acceptors (Lipinski definition) is 4. The fourth-order valence-electron chi connectivity index (χ4n) is 3.50. The summed E-state index contributed by atoms with van der Waals surface area (Å²) in [5.74, 6) is 0.935. The van der Waals surface area contributed by atoms with Gasteiger partial charge >= 0.3 is 0 Å². The van der Waals surface area contributed by atoms with E-state index >= 15 is 0 Å². The van der Waals surface area contributed by atoms with Gasteiger partial charge in [-0.3, -0.25) is 9.59 Å². The summed E-state index contributed by atoms with van der Waals surface area (Å²) in [5, 5.41) is 2.91. The Kier molecular flexibility index (Phi) is 4.03. The van der Waals surface area contributed by atoms with Gasteiger partial charge in [-0.2, -0.15) is 0 Å². The molecule has 26 heavy (non-hydrogen) atoms. The van der Waals surface area contributed by atoms with Gasteiger partial charge in [-0.15, -0.1) is 0 Å². The van der Waals surface area contributed by atoms with Gasteiger partial charge in [0, 0.05) is 23.9 Å². The summed E-state index contributed by atoms with van der Waals surface area (Å²) in [5.41, 5.74) is 2.25. The molecule has 6 nitrogen and oxygen atoms in total. The molecule has 2 aromatic carbocycles. The van der Waals surface area contributed by atoms with Crippen LogP contribution in [0.3, 0.4) is 0 Å². The minimum absolute atomic E-state index is 0.0257. The predicted octanol–water partition coefficient (Wildman–Crippen LogP) is 3.03. The van der Waals surface area contributed by atoms with Crippen LogP contribution in [0.15, 0.2) is 42.5 Å². The zero-order valence-corrected chi connectivity index (χ0v) is 14.7. The largest absolute Gasteiger partial charge is 0.454 e. The molecule has 134 valence electrons. The summed E-state index contributed by atoms with van der Waals surface area (Å²) < 4.78 is 10.6. The summed E-state index contributed by atoms with van der Waals surface area (Å²) in [6, 6.07) is 12.2. The number of amides is 2. The van der Waals surface area contributed by atoms with Crippen molar-refractivity contribution in [2.75, 3.05) is 12.1 Å². The highest BCUT2D eigenvalue weighted by atomic mass is 16.7. The van der Waals surface area contributed by atoms with Gasteiger partial charge in [0.25, 0.3) is 5.91 Å². The molecule has 0 aromatic heterocycles. The van der Waals surface area contributed by atoms with Crippen molar-refractivity contribution in [1.82, 2.24) is 4.90 Å². The van der Waals surface area contributed by atoms with Crippen LogP contribution in [-0.2, 0) is 11.3 Å². The summed E-state index contributed by atoms with van der Waals surface area (Å²) in [4.78, 5) is 27.4.